The van der Waals surface area contributed by atoms with E-state index in [4.69, 9.17) is 4.74 Å². The van der Waals surface area contributed by atoms with Crippen molar-refractivity contribution in [3.63, 3.8) is 0 Å². The molecule has 3 rings (SSSR count). The summed E-state index contributed by atoms with van der Waals surface area (Å²) >= 11 is 3.94. The van der Waals surface area contributed by atoms with Gasteiger partial charge in [-0.2, -0.15) is 0 Å². The zero-order valence-corrected chi connectivity index (χ0v) is 13.3. The Hall–Kier alpha value is -1.28. The van der Waals surface area contributed by atoms with Crippen LogP contribution in [0.25, 0.3) is 0 Å². The van der Waals surface area contributed by atoms with Gasteiger partial charge >= 0.3 is 0 Å². The predicted molar refractivity (Wildman–Crippen MR) is 86.8 cm³/mol. The molecule has 2 aromatic carbocycles. The minimum Gasteiger partial charge on any atom is -0.497 e. The molecule has 104 valence electrons. The Labute approximate surface area is 129 Å². The lowest BCUT2D eigenvalue weighted by atomic mass is 9.89. The standard InChI is InChI=1S/C18H19BrO/c1-20-16-9-5-6-14(12-16)13-17(19)18(10-11-18)15-7-3-2-4-8-15/h2-9,12,17H,10-11,13H2,1H3. The van der Waals surface area contributed by atoms with Crippen LogP contribution in [-0.2, 0) is 11.8 Å². The van der Waals surface area contributed by atoms with Crippen LogP contribution in [0.15, 0.2) is 54.6 Å². The fourth-order valence-electron chi connectivity index (χ4n) is 2.89. The zero-order valence-electron chi connectivity index (χ0n) is 11.7. The third kappa shape index (κ3) is 2.62. The van der Waals surface area contributed by atoms with Crippen LogP contribution < -0.4 is 4.74 Å². The van der Waals surface area contributed by atoms with Crippen LogP contribution in [0.5, 0.6) is 5.75 Å². The summed E-state index contributed by atoms with van der Waals surface area (Å²) in [6, 6.07) is 19.3. The van der Waals surface area contributed by atoms with Crippen molar-refractivity contribution in [2.45, 2.75) is 29.5 Å². The first-order chi connectivity index (χ1) is 9.74. The lowest BCUT2D eigenvalue weighted by molar-refractivity contribution is 0.414. The molecule has 1 aliphatic rings. The molecule has 1 saturated carbocycles. The molecule has 1 aliphatic carbocycles. The number of halogens is 1. The molecule has 0 amide bonds. The second kappa shape index (κ2) is 5.61. The number of hydrogen-bond acceptors (Lipinski definition) is 1. The zero-order chi connectivity index (χ0) is 14.0. The van der Waals surface area contributed by atoms with Crippen molar-refractivity contribution in [3.8, 4) is 5.75 Å². The molecule has 0 aromatic heterocycles. The minimum atomic E-state index is 0.324. The SMILES string of the molecule is COc1cccc(CC(Br)C2(c3ccccc3)CC2)c1. The predicted octanol–water partition coefficient (Wildman–Crippen LogP) is 4.73. The van der Waals surface area contributed by atoms with Gasteiger partial charge in [-0.15, -0.1) is 0 Å². The normalized spacial score (nSPS) is 17.5. The number of ether oxygens (including phenoxy) is 1. The summed E-state index contributed by atoms with van der Waals surface area (Å²) in [5, 5.41) is 0. The average Bonchev–Trinajstić information content (AvgIpc) is 3.30. The highest BCUT2D eigenvalue weighted by Crippen LogP contribution is 2.54. The van der Waals surface area contributed by atoms with E-state index in [1.807, 2.05) is 6.07 Å². The van der Waals surface area contributed by atoms with E-state index in [2.05, 4.69) is 64.5 Å². The molecule has 2 heteroatoms. The summed E-state index contributed by atoms with van der Waals surface area (Å²) in [5.74, 6) is 0.937. The maximum absolute atomic E-state index is 5.31. The molecule has 0 bridgehead atoms. The van der Waals surface area contributed by atoms with E-state index in [1.54, 1.807) is 7.11 Å². The molecule has 0 spiro atoms. The molecular weight excluding hydrogens is 312 g/mol. The van der Waals surface area contributed by atoms with E-state index < -0.39 is 0 Å². The van der Waals surface area contributed by atoms with Gasteiger partial charge < -0.3 is 4.74 Å². The Morgan fingerprint density at radius 1 is 1.10 bits per heavy atom. The second-order valence-electron chi connectivity index (χ2n) is 5.55. The Morgan fingerprint density at radius 2 is 1.85 bits per heavy atom. The van der Waals surface area contributed by atoms with Gasteiger partial charge in [-0.05, 0) is 42.5 Å². The van der Waals surface area contributed by atoms with Crippen molar-refractivity contribution >= 4 is 15.9 Å². The third-order valence-electron chi connectivity index (χ3n) is 4.29. The number of rotatable bonds is 5. The van der Waals surface area contributed by atoms with Crippen LogP contribution in [0, 0.1) is 0 Å². The minimum absolute atomic E-state index is 0.324. The van der Waals surface area contributed by atoms with Gasteiger partial charge in [0.1, 0.15) is 5.75 Å². The summed E-state index contributed by atoms with van der Waals surface area (Å²) in [5.41, 5.74) is 3.11. The lowest BCUT2D eigenvalue weighted by Crippen LogP contribution is -2.22. The quantitative estimate of drug-likeness (QED) is 0.720. The number of benzene rings is 2. The maximum atomic E-state index is 5.31. The van der Waals surface area contributed by atoms with Gasteiger partial charge in [-0.3, -0.25) is 0 Å². The first-order valence-electron chi connectivity index (χ1n) is 7.07. The number of alkyl halides is 1. The van der Waals surface area contributed by atoms with Crippen LogP contribution in [0.4, 0.5) is 0 Å². The van der Waals surface area contributed by atoms with Crippen molar-refractivity contribution in [2.24, 2.45) is 0 Å². The van der Waals surface area contributed by atoms with Crippen LogP contribution in [0.2, 0.25) is 0 Å². The summed E-state index contributed by atoms with van der Waals surface area (Å²) in [6.45, 7) is 0. The van der Waals surface area contributed by atoms with Gasteiger partial charge in [0.25, 0.3) is 0 Å². The highest BCUT2D eigenvalue weighted by Gasteiger charge is 2.49. The molecule has 0 saturated heterocycles. The molecule has 0 N–H and O–H groups in total. The van der Waals surface area contributed by atoms with E-state index in [0.29, 0.717) is 10.2 Å². The summed E-state index contributed by atoms with van der Waals surface area (Å²) in [4.78, 5) is 0.476. The van der Waals surface area contributed by atoms with Crippen LogP contribution in [0.1, 0.15) is 24.0 Å². The molecule has 1 fully saturated rings. The average molecular weight is 331 g/mol. The van der Waals surface area contributed by atoms with Gasteiger partial charge in [-0.1, -0.05) is 58.4 Å². The van der Waals surface area contributed by atoms with Crippen molar-refractivity contribution in [2.75, 3.05) is 7.11 Å². The van der Waals surface area contributed by atoms with E-state index >= 15 is 0 Å². The van der Waals surface area contributed by atoms with E-state index in [-0.39, 0.29) is 0 Å². The molecule has 0 aliphatic heterocycles. The number of methoxy groups -OCH3 is 1. The van der Waals surface area contributed by atoms with Gasteiger partial charge in [0.15, 0.2) is 0 Å². The van der Waals surface area contributed by atoms with E-state index in [0.717, 1.165) is 12.2 Å². The first-order valence-corrected chi connectivity index (χ1v) is 7.99. The molecule has 2 aromatic rings. The van der Waals surface area contributed by atoms with Crippen molar-refractivity contribution in [1.82, 2.24) is 0 Å². The Morgan fingerprint density at radius 3 is 2.50 bits per heavy atom. The molecule has 20 heavy (non-hydrogen) atoms. The van der Waals surface area contributed by atoms with Crippen molar-refractivity contribution in [3.05, 3.63) is 65.7 Å². The summed E-state index contributed by atoms with van der Waals surface area (Å²) in [6.07, 6.45) is 3.58. The molecule has 1 atom stereocenters. The molecule has 0 radical (unpaired) electrons. The second-order valence-corrected chi connectivity index (χ2v) is 6.65. The van der Waals surface area contributed by atoms with E-state index in [1.165, 1.54) is 24.0 Å². The first kappa shape index (κ1) is 13.7. The Bertz CT molecular complexity index is 575. The van der Waals surface area contributed by atoms with Crippen LogP contribution in [0.3, 0.4) is 0 Å². The van der Waals surface area contributed by atoms with Crippen LogP contribution in [-0.4, -0.2) is 11.9 Å². The van der Waals surface area contributed by atoms with Gasteiger partial charge in [0.2, 0.25) is 0 Å². The molecule has 1 unspecified atom stereocenters. The molecular formula is C18H19BrO. The number of hydrogen-bond donors (Lipinski definition) is 0. The smallest absolute Gasteiger partial charge is 0.119 e. The highest BCUT2D eigenvalue weighted by atomic mass is 79.9. The maximum Gasteiger partial charge on any atom is 0.119 e. The third-order valence-corrected chi connectivity index (χ3v) is 5.49. The fourth-order valence-corrected chi connectivity index (χ4v) is 3.99. The Balaban J connectivity index is 1.78. The van der Waals surface area contributed by atoms with Gasteiger partial charge in [-0.25, -0.2) is 0 Å². The molecule has 0 heterocycles. The summed E-state index contributed by atoms with van der Waals surface area (Å²) in [7, 11) is 1.72. The summed E-state index contributed by atoms with van der Waals surface area (Å²) < 4.78 is 5.31. The topological polar surface area (TPSA) is 9.23 Å². The molecule has 1 nitrogen and oxygen atoms in total. The fraction of sp³-hybridized carbons (Fsp3) is 0.333. The Kier molecular flexibility index (Phi) is 3.84. The van der Waals surface area contributed by atoms with Gasteiger partial charge in [0.05, 0.1) is 7.11 Å². The van der Waals surface area contributed by atoms with Crippen molar-refractivity contribution in [1.29, 1.82) is 0 Å². The van der Waals surface area contributed by atoms with Crippen LogP contribution >= 0.6 is 15.9 Å². The van der Waals surface area contributed by atoms with Crippen molar-refractivity contribution < 1.29 is 4.74 Å². The van der Waals surface area contributed by atoms with E-state index in [9.17, 15) is 0 Å². The highest BCUT2D eigenvalue weighted by molar-refractivity contribution is 9.09. The lowest BCUT2D eigenvalue weighted by Gasteiger charge is -2.22. The van der Waals surface area contributed by atoms with Gasteiger partial charge in [0, 0.05) is 10.2 Å². The monoisotopic (exact) mass is 330 g/mol. The largest absolute Gasteiger partial charge is 0.497 e.